The lowest BCUT2D eigenvalue weighted by atomic mass is 10.1. The number of amides is 1. The van der Waals surface area contributed by atoms with Crippen molar-refractivity contribution in [1.82, 2.24) is 9.88 Å². The minimum absolute atomic E-state index is 0.0517. The predicted molar refractivity (Wildman–Crippen MR) is 93.4 cm³/mol. The maximum atomic E-state index is 12.9. The number of anilines is 1. The molecule has 2 aromatic carbocycles. The molecule has 0 radical (unpaired) electrons. The van der Waals surface area contributed by atoms with Crippen molar-refractivity contribution in [2.24, 2.45) is 0 Å². The first kappa shape index (κ1) is 14.5. The molecule has 1 aliphatic heterocycles. The number of nitrogens with one attached hydrogen (secondary N) is 1. The van der Waals surface area contributed by atoms with Crippen LogP contribution in [-0.4, -0.2) is 15.8 Å². The molecule has 0 saturated heterocycles. The van der Waals surface area contributed by atoms with Crippen molar-refractivity contribution in [2.45, 2.75) is 12.7 Å². The molecule has 1 aromatic heterocycles. The topological polar surface area (TPSA) is 45.2 Å². The number of fused-ring (bicyclic) bond motifs is 1. The summed E-state index contributed by atoms with van der Waals surface area (Å²) >= 11 is 0. The number of rotatable bonds is 4. The minimum atomic E-state index is -0.196. The minimum Gasteiger partial charge on any atom is -0.360 e. The van der Waals surface area contributed by atoms with Gasteiger partial charge >= 0.3 is 0 Å². The van der Waals surface area contributed by atoms with Gasteiger partial charge in [-0.1, -0.05) is 48.5 Å². The van der Waals surface area contributed by atoms with E-state index in [0.717, 1.165) is 22.4 Å². The zero-order chi connectivity index (χ0) is 16.4. The van der Waals surface area contributed by atoms with Crippen LogP contribution in [0.4, 0.5) is 5.69 Å². The van der Waals surface area contributed by atoms with Crippen LogP contribution in [0.3, 0.4) is 0 Å². The van der Waals surface area contributed by atoms with Crippen molar-refractivity contribution < 1.29 is 4.79 Å². The molecule has 0 fully saturated rings. The summed E-state index contributed by atoms with van der Waals surface area (Å²) in [5.41, 5.74) is 3.76. The monoisotopic (exact) mass is 315 g/mol. The van der Waals surface area contributed by atoms with Gasteiger partial charge in [0, 0.05) is 30.1 Å². The summed E-state index contributed by atoms with van der Waals surface area (Å²) in [4.78, 5) is 18.9. The zero-order valence-electron chi connectivity index (χ0n) is 13.1. The summed E-state index contributed by atoms with van der Waals surface area (Å²) < 4.78 is 0. The summed E-state index contributed by atoms with van der Waals surface area (Å²) in [7, 11) is 0. The van der Waals surface area contributed by atoms with Crippen LogP contribution in [0.5, 0.6) is 0 Å². The number of carbonyl (C=O) groups excluding carboxylic acids is 1. The van der Waals surface area contributed by atoms with E-state index < -0.39 is 0 Å². The first-order valence-corrected chi connectivity index (χ1v) is 7.93. The van der Waals surface area contributed by atoms with Gasteiger partial charge < -0.3 is 10.2 Å². The second kappa shape index (κ2) is 6.16. The van der Waals surface area contributed by atoms with Crippen LogP contribution in [0.25, 0.3) is 0 Å². The van der Waals surface area contributed by atoms with Crippen molar-refractivity contribution in [3.8, 4) is 0 Å². The van der Waals surface area contributed by atoms with Crippen LogP contribution in [0.15, 0.2) is 79.1 Å². The third-order valence-electron chi connectivity index (χ3n) is 4.22. The van der Waals surface area contributed by atoms with Gasteiger partial charge in [-0.15, -0.1) is 0 Å². The molecule has 4 heteroatoms. The van der Waals surface area contributed by atoms with Gasteiger partial charge in [-0.05, 0) is 23.8 Å². The van der Waals surface area contributed by atoms with Crippen molar-refractivity contribution >= 4 is 11.6 Å². The molecule has 24 heavy (non-hydrogen) atoms. The van der Waals surface area contributed by atoms with E-state index in [1.54, 1.807) is 12.4 Å². The molecule has 1 amide bonds. The van der Waals surface area contributed by atoms with Gasteiger partial charge in [-0.2, -0.15) is 0 Å². The second-order valence-corrected chi connectivity index (χ2v) is 5.79. The van der Waals surface area contributed by atoms with Gasteiger partial charge in [0.1, 0.15) is 6.17 Å². The Hall–Kier alpha value is -3.14. The van der Waals surface area contributed by atoms with Crippen molar-refractivity contribution in [1.29, 1.82) is 0 Å². The molecule has 0 bridgehead atoms. The number of pyridine rings is 1. The quantitative estimate of drug-likeness (QED) is 0.795. The molecule has 118 valence electrons. The van der Waals surface area contributed by atoms with Gasteiger partial charge in [-0.3, -0.25) is 9.78 Å². The van der Waals surface area contributed by atoms with E-state index in [-0.39, 0.29) is 12.1 Å². The lowest BCUT2D eigenvalue weighted by Gasteiger charge is -2.27. The first-order valence-electron chi connectivity index (χ1n) is 7.93. The number of benzene rings is 2. The number of nitrogens with zero attached hydrogens (tertiary/aromatic N) is 2. The van der Waals surface area contributed by atoms with Gasteiger partial charge in [0.05, 0.1) is 5.69 Å². The number of hydrogen-bond acceptors (Lipinski definition) is 3. The van der Waals surface area contributed by atoms with Crippen molar-refractivity contribution in [3.63, 3.8) is 0 Å². The first-order chi connectivity index (χ1) is 11.8. The fourth-order valence-corrected chi connectivity index (χ4v) is 3.07. The maximum Gasteiger partial charge on any atom is 0.256 e. The summed E-state index contributed by atoms with van der Waals surface area (Å²) in [6.07, 6.45) is 3.31. The largest absolute Gasteiger partial charge is 0.360 e. The molecule has 0 unspecified atom stereocenters. The summed E-state index contributed by atoms with van der Waals surface area (Å²) in [5.74, 6) is 0.0517. The molecular formula is C20H17N3O. The smallest absolute Gasteiger partial charge is 0.256 e. The fraction of sp³-hybridized carbons (Fsp3) is 0.100. The Labute approximate surface area is 140 Å². The SMILES string of the molecule is O=C1c2ccccc2[C@@H](Nc2cccnc2)N1Cc1ccccc1. The molecule has 0 saturated carbocycles. The molecule has 0 spiro atoms. The number of carbonyl (C=O) groups is 1. The van der Waals surface area contributed by atoms with Gasteiger partial charge in [0.15, 0.2) is 0 Å². The highest BCUT2D eigenvalue weighted by atomic mass is 16.2. The van der Waals surface area contributed by atoms with Crippen LogP contribution < -0.4 is 5.32 Å². The number of aromatic nitrogens is 1. The van der Waals surface area contributed by atoms with Crippen LogP contribution in [0.2, 0.25) is 0 Å². The Balaban J connectivity index is 1.69. The standard InChI is InChI=1S/C20H17N3O/c24-20-18-11-5-4-10-17(18)19(22-16-9-6-12-21-13-16)23(20)14-15-7-2-1-3-8-15/h1-13,19,22H,14H2/t19-/m0/s1. The Morgan fingerprint density at radius 1 is 0.958 bits per heavy atom. The maximum absolute atomic E-state index is 12.9. The Morgan fingerprint density at radius 3 is 2.54 bits per heavy atom. The van der Waals surface area contributed by atoms with E-state index in [1.807, 2.05) is 71.6 Å². The summed E-state index contributed by atoms with van der Waals surface area (Å²) in [6.45, 7) is 0.562. The zero-order valence-corrected chi connectivity index (χ0v) is 13.1. The van der Waals surface area contributed by atoms with E-state index in [9.17, 15) is 4.79 Å². The van der Waals surface area contributed by atoms with E-state index in [2.05, 4.69) is 10.3 Å². The van der Waals surface area contributed by atoms with Crippen LogP contribution in [-0.2, 0) is 6.54 Å². The van der Waals surface area contributed by atoms with E-state index in [1.165, 1.54) is 0 Å². The molecule has 0 aliphatic carbocycles. The van der Waals surface area contributed by atoms with Crippen LogP contribution in [0, 0.1) is 0 Å². The lowest BCUT2D eigenvalue weighted by Crippen LogP contribution is -2.31. The molecule has 1 aliphatic rings. The van der Waals surface area contributed by atoms with Gasteiger partial charge in [0.25, 0.3) is 5.91 Å². The fourth-order valence-electron chi connectivity index (χ4n) is 3.07. The third kappa shape index (κ3) is 2.63. The van der Waals surface area contributed by atoms with Crippen molar-refractivity contribution in [3.05, 3.63) is 95.8 Å². The average Bonchev–Trinajstić information content (AvgIpc) is 2.90. The molecule has 4 rings (SSSR count). The van der Waals surface area contributed by atoms with Crippen molar-refractivity contribution in [2.75, 3.05) is 5.32 Å². The van der Waals surface area contributed by atoms with E-state index in [0.29, 0.717) is 6.54 Å². The lowest BCUT2D eigenvalue weighted by molar-refractivity contribution is 0.0729. The molecular weight excluding hydrogens is 298 g/mol. The van der Waals surface area contributed by atoms with E-state index in [4.69, 9.17) is 0 Å². The molecule has 4 nitrogen and oxygen atoms in total. The van der Waals surface area contributed by atoms with Gasteiger partial charge in [0.2, 0.25) is 0 Å². The van der Waals surface area contributed by atoms with E-state index >= 15 is 0 Å². The average molecular weight is 315 g/mol. The summed E-state index contributed by atoms with van der Waals surface area (Å²) in [6, 6.07) is 21.7. The Morgan fingerprint density at radius 2 is 1.75 bits per heavy atom. The van der Waals surface area contributed by atoms with Crippen LogP contribution >= 0.6 is 0 Å². The highest BCUT2D eigenvalue weighted by Crippen LogP contribution is 2.35. The van der Waals surface area contributed by atoms with Crippen LogP contribution in [0.1, 0.15) is 27.7 Å². The molecule has 2 heterocycles. The molecule has 1 N–H and O–H groups in total. The third-order valence-corrected chi connectivity index (χ3v) is 4.22. The number of hydrogen-bond donors (Lipinski definition) is 1. The Kier molecular flexibility index (Phi) is 3.71. The molecule has 3 aromatic rings. The predicted octanol–water partition coefficient (Wildman–Crippen LogP) is 3.85. The van der Waals surface area contributed by atoms with Gasteiger partial charge in [-0.25, -0.2) is 0 Å². The molecule has 1 atom stereocenters. The Bertz CT molecular complexity index is 849. The highest BCUT2D eigenvalue weighted by molar-refractivity contribution is 5.99. The highest BCUT2D eigenvalue weighted by Gasteiger charge is 2.36. The second-order valence-electron chi connectivity index (χ2n) is 5.79. The summed E-state index contributed by atoms with van der Waals surface area (Å²) in [5, 5.41) is 3.44. The normalized spacial score (nSPS) is 16.1.